The average molecular weight is 512 g/mol. The number of hydrogen-bond acceptors (Lipinski definition) is 8. The summed E-state index contributed by atoms with van der Waals surface area (Å²) in [6, 6.07) is 22.5. The van der Waals surface area contributed by atoms with Crippen LogP contribution < -0.4 is 9.01 Å². The fourth-order valence-electron chi connectivity index (χ4n) is 3.20. The van der Waals surface area contributed by atoms with E-state index in [0.717, 1.165) is 29.1 Å². The number of para-hydroxylation sites is 2. The third-order valence-corrected chi connectivity index (χ3v) is 7.36. The van der Waals surface area contributed by atoms with Gasteiger partial charge in [-0.1, -0.05) is 54.6 Å². The average Bonchev–Trinajstić information content (AvgIpc) is 2.84. The van der Waals surface area contributed by atoms with E-state index < -0.39 is 35.6 Å². The Morgan fingerprint density at radius 1 is 0.829 bits per heavy atom. The maximum atomic E-state index is 12.7. The second kappa shape index (κ2) is 9.52. The molecule has 0 fully saturated rings. The third-order valence-electron chi connectivity index (χ3n) is 4.86. The summed E-state index contributed by atoms with van der Waals surface area (Å²) in [5.74, 6) is -0.195. The van der Waals surface area contributed by atoms with Gasteiger partial charge in [0.25, 0.3) is 15.7 Å². The van der Waals surface area contributed by atoms with Gasteiger partial charge in [0.05, 0.1) is 16.0 Å². The molecule has 0 atom stereocenters. The number of fused-ring (bicyclic) bond motifs is 1. The molecule has 4 aromatic carbocycles. The highest BCUT2D eigenvalue weighted by atomic mass is 32.2. The van der Waals surface area contributed by atoms with Crippen LogP contribution >= 0.6 is 0 Å². The van der Waals surface area contributed by atoms with Crippen molar-refractivity contribution in [3.05, 3.63) is 107 Å². The van der Waals surface area contributed by atoms with E-state index in [-0.39, 0.29) is 16.2 Å². The van der Waals surface area contributed by atoms with Crippen LogP contribution in [-0.4, -0.2) is 28.0 Å². The summed E-state index contributed by atoms with van der Waals surface area (Å²) in [5.41, 5.74) is -0.516. The predicted octanol–water partition coefficient (Wildman–Crippen LogP) is 3.83. The molecule has 0 bridgehead atoms. The van der Waals surface area contributed by atoms with Crippen LogP contribution in [0.1, 0.15) is 5.56 Å². The second-order valence-electron chi connectivity index (χ2n) is 7.16. The molecule has 178 valence electrons. The van der Waals surface area contributed by atoms with Gasteiger partial charge in [0.1, 0.15) is 0 Å². The number of rotatable bonds is 8. The van der Waals surface area contributed by atoms with E-state index in [1.165, 1.54) is 42.5 Å². The monoisotopic (exact) mass is 511 g/mol. The van der Waals surface area contributed by atoms with Gasteiger partial charge in [-0.2, -0.15) is 21.9 Å². The SMILES string of the molecule is O=[N+]([O-])c1ccccc1S(=O)(=O)Oc1ccccc1/C=N\NS(=O)(=O)c1ccc2ccccc2c1. The molecule has 0 aliphatic rings. The summed E-state index contributed by atoms with van der Waals surface area (Å²) in [5, 5.41) is 16.6. The number of nitrogens with one attached hydrogen (secondary N) is 1. The molecule has 10 nitrogen and oxygen atoms in total. The Balaban J connectivity index is 1.57. The summed E-state index contributed by atoms with van der Waals surface area (Å²) < 4.78 is 55.9. The smallest absolute Gasteiger partial charge is 0.346 e. The summed E-state index contributed by atoms with van der Waals surface area (Å²) >= 11 is 0. The Labute approximate surface area is 200 Å². The van der Waals surface area contributed by atoms with Crippen molar-refractivity contribution in [2.24, 2.45) is 5.10 Å². The highest BCUT2D eigenvalue weighted by Gasteiger charge is 2.27. The molecule has 12 heteroatoms. The van der Waals surface area contributed by atoms with Crippen molar-refractivity contribution < 1.29 is 25.9 Å². The maximum Gasteiger partial charge on any atom is 0.346 e. The zero-order valence-corrected chi connectivity index (χ0v) is 19.4. The first-order valence-corrected chi connectivity index (χ1v) is 12.9. The molecular formula is C23H17N3O7S2. The first-order valence-electron chi connectivity index (χ1n) is 9.98. The van der Waals surface area contributed by atoms with Crippen LogP contribution in [0.5, 0.6) is 5.75 Å². The minimum atomic E-state index is -4.57. The number of nitro benzene ring substituents is 1. The van der Waals surface area contributed by atoms with E-state index in [2.05, 4.69) is 9.93 Å². The van der Waals surface area contributed by atoms with E-state index >= 15 is 0 Å². The fraction of sp³-hybridized carbons (Fsp3) is 0. The Kier molecular flexibility index (Phi) is 6.49. The van der Waals surface area contributed by atoms with E-state index in [4.69, 9.17) is 4.18 Å². The molecule has 0 amide bonds. The van der Waals surface area contributed by atoms with Crippen molar-refractivity contribution in [3.63, 3.8) is 0 Å². The van der Waals surface area contributed by atoms with Gasteiger partial charge in [-0.05, 0) is 41.1 Å². The molecule has 0 unspecified atom stereocenters. The van der Waals surface area contributed by atoms with E-state index in [1.54, 1.807) is 24.3 Å². The predicted molar refractivity (Wildman–Crippen MR) is 129 cm³/mol. The van der Waals surface area contributed by atoms with Crippen molar-refractivity contribution in [3.8, 4) is 5.75 Å². The Bertz CT molecular complexity index is 1670. The van der Waals surface area contributed by atoms with Gasteiger partial charge < -0.3 is 4.18 Å². The fourth-order valence-corrected chi connectivity index (χ4v) is 5.15. The van der Waals surface area contributed by atoms with Crippen LogP contribution in [0.25, 0.3) is 10.8 Å². The summed E-state index contributed by atoms with van der Waals surface area (Å²) in [6.45, 7) is 0. The zero-order chi connectivity index (χ0) is 25.1. The van der Waals surface area contributed by atoms with Crippen LogP contribution in [0.2, 0.25) is 0 Å². The summed E-state index contributed by atoms with van der Waals surface area (Å²) in [7, 11) is -8.58. The number of nitrogens with zero attached hydrogens (tertiary/aromatic N) is 2. The van der Waals surface area contributed by atoms with Gasteiger partial charge in [-0.3, -0.25) is 10.1 Å². The van der Waals surface area contributed by atoms with Crippen LogP contribution in [0.3, 0.4) is 0 Å². The van der Waals surface area contributed by atoms with Gasteiger partial charge in [-0.25, -0.2) is 4.83 Å². The second-order valence-corrected chi connectivity index (χ2v) is 10.3. The van der Waals surface area contributed by atoms with Crippen LogP contribution in [0.4, 0.5) is 5.69 Å². The molecule has 4 aromatic rings. The molecule has 1 N–H and O–H groups in total. The first kappa shape index (κ1) is 23.9. The highest BCUT2D eigenvalue weighted by molar-refractivity contribution is 7.89. The van der Waals surface area contributed by atoms with Gasteiger partial charge in [0, 0.05) is 11.6 Å². The molecular weight excluding hydrogens is 494 g/mol. The van der Waals surface area contributed by atoms with E-state index in [9.17, 15) is 26.9 Å². The molecule has 35 heavy (non-hydrogen) atoms. The summed E-state index contributed by atoms with van der Waals surface area (Å²) in [4.78, 5) is 11.8. The normalized spacial score (nSPS) is 12.0. The van der Waals surface area contributed by atoms with Gasteiger partial charge >= 0.3 is 10.1 Å². The molecule has 0 saturated heterocycles. The van der Waals surface area contributed by atoms with Crippen LogP contribution in [0.15, 0.2) is 106 Å². The molecule has 4 rings (SSSR count). The topological polar surface area (TPSA) is 145 Å². The number of benzene rings is 4. The van der Waals surface area contributed by atoms with Crippen LogP contribution in [0, 0.1) is 10.1 Å². The van der Waals surface area contributed by atoms with Crippen molar-refractivity contribution in [1.29, 1.82) is 0 Å². The largest absolute Gasteiger partial charge is 0.378 e. The van der Waals surface area contributed by atoms with Crippen LogP contribution in [-0.2, 0) is 20.1 Å². The van der Waals surface area contributed by atoms with E-state index in [0.29, 0.717) is 0 Å². The molecule has 0 radical (unpaired) electrons. The quantitative estimate of drug-likeness (QED) is 0.164. The zero-order valence-electron chi connectivity index (χ0n) is 17.8. The molecule has 0 heterocycles. The van der Waals surface area contributed by atoms with Gasteiger partial charge in [-0.15, -0.1) is 0 Å². The van der Waals surface area contributed by atoms with Crippen molar-refractivity contribution >= 4 is 42.8 Å². The Morgan fingerprint density at radius 2 is 1.49 bits per heavy atom. The Hall–Kier alpha value is -4.29. The number of nitro groups is 1. The van der Waals surface area contributed by atoms with Gasteiger partial charge in [0.15, 0.2) is 10.6 Å². The molecule has 0 spiro atoms. The molecule has 0 saturated carbocycles. The lowest BCUT2D eigenvalue weighted by Gasteiger charge is -2.09. The standard InChI is InChI=1S/C23H17N3O7S2/c27-26(28)21-10-4-6-12-23(21)35(31,32)33-22-11-5-3-9-19(22)16-24-25-34(29,30)20-14-13-17-7-1-2-8-18(17)15-20/h1-16,25H/b24-16-. The van der Waals surface area contributed by atoms with Crippen molar-refractivity contribution in [2.75, 3.05) is 0 Å². The number of hydrazone groups is 1. The lowest BCUT2D eigenvalue weighted by atomic mass is 10.1. The first-order chi connectivity index (χ1) is 16.7. The molecule has 0 aliphatic heterocycles. The molecule has 0 aromatic heterocycles. The van der Waals surface area contributed by atoms with Crippen molar-refractivity contribution in [1.82, 2.24) is 4.83 Å². The number of sulfonamides is 1. The highest BCUT2D eigenvalue weighted by Crippen LogP contribution is 2.28. The summed E-state index contributed by atoms with van der Waals surface area (Å²) in [6.07, 6.45) is 1.07. The minimum absolute atomic E-state index is 0.00292. The van der Waals surface area contributed by atoms with Crippen molar-refractivity contribution in [2.45, 2.75) is 9.79 Å². The lowest BCUT2D eigenvalue weighted by Crippen LogP contribution is -2.18. The third kappa shape index (κ3) is 5.28. The Morgan fingerprint density at radius 3 is 2.26 bits per heavy atom. The van der Waals surface area contributed by atoms with Gasteiger partial charge in [0.2, 0.25) is 0 Å². The minimum Gasteiger partial charge on any atom is -0.378 e. The number of hydrogen-bond donors (Lipinski definition) is 1. The lowest BCUT2D eigenvalue weighted by molar-refractivity contribution is -0.387. The van der Waals surface area contributed by atoms with E-state index in [1.807, 2.05) is 12.1 Å². The maximum absolute atomic E-state index is 12.7. The molecule has 0 aliphatic carbocycles.